The van der Waals surface area contributed by atoms with Gasteiger partial charge in [0.05, 0.1) is 18.3 Å². The quantitative estimate of drug-likeness (QED) is 0.701. The summed E-state index contributed by atoms with van der Waals surface area (Å²) in [5, 5.41) is 14.1. The Bertz CT molecular complexity index is 413. The minimum atomic E-state index is -2.99. The second kappa shape index (κ2) is 4.67. The van der Waals surface area contributed by atoms with Crippen LogP contribution in [0, 0.1) is 0 Å². The van der Waals surface area contributed by atoms with Crippen molar-refractivity contribution in [1.29, 1.82) is 0 Å². The summed E-state index contributed by atoms with van der Waals surface area (Å²) in [5.41, 5.74) is 0. The van der Waals surface area contributed by atoms with Gasteiger partial charge in [0.2, 0.25) is 0 Å². The monoisotopic (exact) mass is 233 g/mol. The Morgan fingerprint density at radius 1 is 1.53 bits per heavy atom. The molecule has 1 aromatic rings. The van der Waals surface area contributed by atoms with Crippen LogP contribution in [0.25, 0.3) is 0 Å². The molecule has 0 saturated heterocycles. The minimum absolute atomic E-state index is 0.000407. The van der Waals surface area contributed by atoms with E-state index >= 15 is 0 Å². The molecule has 8 heteroatoms. The summed E-state index contributed by atoms with van der Waals surface area (Å²) in [5.74, 6) is 0.683. The summed E-state index contributed by atoms with van der Waals surface area (Å²) in [7, 11) is -1.19. The van der Waals surface area contributed by atoms with Gasteiger partial charge in [0.25, 0.3) is 0 Å². The van der Waals surface area contributed by atoms with E-state index in [1.807, 2.05) is 6.92 Å². The number of hydrogen-bond donors (Lipinski definition) is 1. The normalized spacial score (nSPS) is 14.1. The van der Waals surface area contributed by atoms with Crippen molar-refractivity contribution < 1.29 is 8.42 Å². The molecule has 1 rings (SSSR count). The molecular weight excluding hydrogens is 218 g/mol. The van der Waals surface area contributed by atoms with Gasteiger partial charge in [0.1, 0.15) is 9.84 Å². The van der Waals surface area contributed by atoms with Gasteiger partial charge in [-0.2, -0.15) is 0 Å². The Hall–Kier alpha value is -1.02. The van der Waals surface area contributed by atoms with Crippen LogP contribution in [0.4, 0.5) is 0 Å². The highest BCUT2D eigenvalue weighted by atomic mass is 32.2. The zero-order valence-corrected chi connectivity index (χ0v) is 9.82. The van der Waals surface area contributed by atoms with Crippen molar-refractivity contribution in [2.75, 3.05) is 19.1 Å². The lowest BCUT2D eigenvalue weighted by Crippen LogP contribution is -2.21. The van der Waals surface area contributed by atoms with Gasteiger partial charge >= 0.3 is 0 Å². The van der Waals surface area contributed by atoms with Gasteiger partial charge in [-0.15, -0.1) is 5.10 Å². The fraction of sp³-hybridized carbons (Fsp3) is 0.857. The molecule has 1 unspecified atom stereocenters. The molecule has 0 radical (unpaired) electrons. The molecule has 7 nitrogen and oxygen atoms in total. The zero-order chi connectivity index (χ0) is 11.5. The third-order valence-corrected chi connectivity index (χ3v) is 2.98. The highest BCUT2D eigenvalue weighted by Crippen LogP contribution is 2.05. The summed E-state index contributed by atoms with van der Waals surface area (Å²) < 4.78 is 23.5. The molecule has 0 saturated carbocycles. The van der Waals surface area contributed by atoms with E-state index in [1.54, 1.807) is 7.05 Å². The van der Waals surface area contributed by atoms with Gasteiger partial charge in [0, 0.05) is 6.26 Å². The lowest BCUT2D eigenvalue weighted by atomic mass is 10.3. The first-order chi connectivity index (χ1) is 6.94. The van der Waals surface area contributed by atoms with Crippen molar-refractivity contribution in [1.82, 2.24) is 25.5 Å². The number of aryl methyl sites for hydroxylation is 1. The van der Waals surface area contributed by atoms with Gasteiger partial charge < -0.3 is 5.32 Å². The van der Waals surface area contributed by atoms with E-state index in [0.717, 1.165) is 0 Å². The van der Waals surface area contributed by atoms with Gasteiger partial charge in [0.15, 0.2) is 5.82 Å². The number of hydrogen-bond acceptors (Lipinski definition) is 6. The molecule has 0 fully saturated rings. The molecule has 0 aliphatic rings. The van der Waals surface area contributed by atoms with E-state index in [-0.39, 0.29) is 18.3 Å². The SMILES string of the molecule is CNC(C)c1nnnn1CCS(C)(=O)=O. The fourth-order valence-electron chi connectivity index (χ4n) is 1.06. The van der Waals surface area contributed by atoms with E-state index in [2.05, 4.69) is 20.8 Å². The van der Waals surface area contributed by atoms with Crippen molar-refractivity contribution in [2.24, 2.45) is 0 Å². The van der Waals surface area contributed by atoms with E-state index in [1.165, 1.54) is 10.9 Å². The Morgan fingerprint density at radius 2 is 2.20 bits per heavy atom. The summed E-state index contributed by atoms with van der Waals surface area (Å²) in [6.45, 7) is 2.19. The van der Waals surface area contributed by atoms with Gasteiger partial charge in [-0.1, -0.05) is 0 Å². The molecule has 1 heterocycles. The van der Waals surface area contributed by atoms with Crippen molar-refractivity contribution in [2.45, 2.75) is 19.5 Å². The lowest BCUT2D eigenvalue weighted by Gasteiger charge is -2.09. The molecular formula is C7H15N5O2S. The van der Waals surface area contributed by atoms with Gasteiger partial charge in [-0.25, -0.2) is 13.1 Å². The average molecular weight is 233 g/mol. The van der Waals surface area contributed by atoms with Crippen molar-refractivity contribution in [3.8, 4) is 0 Å². The predicted molar refractivity (Wildman–Crippen MR) is 55.0 cm³/mol. The highest BCUT2D eigenvalue weighted by molar-refractivity contribution is 7.90. The zero-order valence-electron chi connectivity index (χ0n) is 9.01. The Kier molecular flexibility index (Phi) is 3.75. The van der Waals surface area contributed by atoms with Crippen LogP contribution in [-0.2, 0) is 16.4 Å². The maximum Gasteiger partial charge on any atom is 0.167 e. The second-order valence-electron chi connectivity index (χ2n) is 3.40. The van der Waals surface area contributed by atoms with Crippen molar-refractivity contribution in [3.05, 3.63) is 5.82 Å². The maximum atomic E-state index is 11.0. The molecule has 0 spiro atoms. The van der Waals surface area contributed by atoms with E-state index in [4.69, 9.17) is 0 Å². The molecule has 1 N–H and O–H groups in total. The first kappa shape index (κ1) is 12.1. The van der Waals surface area contributed by atoms with Crippen LogP contribution in [0.5, 0.6) is 0 Å². The molecule has 0 aliphatic carbocycles. The smallest absolute Gasteiger partial charge is 0.167 e. The van der Waals surface area contributed by atoms with Crippen molar-refractivity contribution >= 4 is 9.84 Å². The van der Waals surface area contributed by atoms with Gasteiger partial charge in [-0.05, 0) is 24.4 Å². The van der Waals surface area contributed by atoms with Crippen LogP contribution in [0.15, 0.2) is 0 Å². The average Bonchev–Trinajstić information content (AvgIpc) is 2.60. The highest BCUT2D eigenvalue weighted by Gasteiger charge is 2.13. The van der Waals surface area contributed by atoms with Crippen LogP contribution in [0.2, 0.25) is 0 Å². The van der Waals surface area contributed by atoms with E-state index < -0.39 is 9.84 Å². The summed E-state index contributed by atoms with van der Waals surface area (Å²) >= 11 is 0. The third-order valence-electron chi connectivity index (χ3n) is 2.05. The summed E-state index contributed by atoms with van der Waals surface area (Å²) in [6.07, 6.45) is 1.19. The van der Waals surface area contributed by atoms with Crippen LogP contribution in [0.3, 0.4) is 0 Å². The number of tetrazole rings is 1. The number of nitrogens with one attached hydrogen (secondary N) is 1. The van der Waals surface area contributed by atoms with E-state index in [0.29, 0.717) is 5.82 Å². The third kappa shape index (κ3) is 3.56. The number of rotatable bonds is 5. The number of sulfone groups is 1. The molecule has 1 aromatic heterocycles. The molecule has 0 bridgehead atoms. The van der Waals surface area contributed by atoms with Gasteiger partial charge in [-0.3, -0.25) is 0 Å². The largest absolute Gasteiger partial charge is 0.311 e. The molecule has 86 valence electrons. The molecule has 0 aromatic carbocycles. The molecule has 15 heavy (non-hydrogen) atoms. The maximum absolute atomic E-state index is 11.0. The molecule has 0 aliphatic heterocycles. The lowest BCUT2D eigenvalue weighted by molar-refractivity contribution is 0.524. The molecule has 0 amide bonds. The topological polar surface area (TPSA) is 89.8 Å². The van der Waals surface area contributed by atoms with E-state index in [9.17, 15) is 8.42 Å². The minimum Gasteiger partial charge on any atom is -0.311 e. The van der Waals surface area contributed by atoms with Crippen LogP contribution in [-0.4, -0.2) is 47.7 Å². The first-order valence-electron chi connectivity index (χ1n) is 4.55. The molecule has 1 atom stereocenters. The number of nitrogens with zero attached hydrogens (tertiary/aromatic N) is 4. The first-order valence-corrected chi connectivity index (χ1v) is 6.61. The Balaban J connectivity index is 2.74. The van der Waals surface area contributed by atoms with Crippen LogP contribution >= 0.6 is 0 Å². The predicted octanol–water partition coefficient (Wildman–Crippen LogP) is -1.00. The Morgan fingerprint density at radius 3 is 2.73 bits per heavy atom. The summed E-state index contributed by atoms with van der Waals surface area (Å²) in [4.78, 5) is 0. The van der Waals surface area contributed by atoms with Crippen LogP contribution in [0.1, 0.15) is 18.8 Å². The van der Waals surface area contributed by atoms with Crippen molar-refractivity contribution in [3.63, 3.8) is 0 Å². The fourth-order valence-corrected chi connectivity index (χ4v) is 1.57. The number of aromatic nitrogens is 4. The second-order valence-corrected chi connectivity index (χ2v) is 5.66. The van der Waals surface area contributed by atoms with Crippen LogP contribution < -0.4 is 5.32 Å². The Labute approximate surface area is 88.8 Å². The summed E-state index contributed by atoms with van der Waals surface area (Å²) in [6, 6.07) is -0.000407. The standard InChI is InChI=1S/C7H15N5O2S/c1-6(8-2)7-9-10-11-12(7)4-5-15(3,13)14/h6,8H,4-5H2,1-3H3.